The van der Waals surface area contributed by atoms with Crippen molar-refractivity contribution >= 4 is 15.8 Å². The Balaban J connectivity index is 2.07. The number of aryl methyl sites for hydroxylation is 2. The van der Waals surface area contributed by atoms with E-state index in [1.54, 1.807) is 20.9 Å². The van der Waals surface area contributed by atoms with Crippen LogP contribution in [0.4, 0.5) is 0 Å². The van der Waals surface area contributed by atoms with Crippen molar-refractivity contribution in [3.63, 3.8) is 0 Å². The van der Waals surface area contributed by atoms with E-state index in [1.807, 2.05) is 4.90 Å². The van der Waals surface area contributed by atoms with Crippen LogP contribution in [0.2, 0.25) is 0 Å². The molecule has 0 radical (unpaired) electrons. The molecule has 6 heteroatoms. The van der Waals surface area contributed by atoms with Gasteiger partial charge in [-0.3, -0.25) is 4.99 Å². The summed E-state index contributed by atoms with van der Waals surface area (Å²) in [6, 6.07) is 6.38. The molecule has 0 aliphatic carbocycles. The molecule has 23 heavy (non-hydrogen) atoms. The molecule has 0 bridgehead atoms. The zero-order chi connectivity index (χ0) is 17.3. The van der Waals surface area contributed by atoms with Crippen molar-refractivity contribution < 1.29 is 8.42 Å². The van der Waals surface area contributed by atoms with Gasteiger partial charge in [-0.1, -0.05) is 23.8 Å². The summed E-state index contributed by atoms with van der Waals surface area (Å²) in [6.45, 7) is 9.38. The quantitative estimate of drug-likeness (QED) is 0.661. The summed E-state index contributed by atoms with van der Waals surface area (Å²) in [6.07, 6.45) is 0. The highest BCUT2D eigenvalue weighted by atomic mass is 32.2. The van der Waals surface area contributed by atoms with Gasteiger partial charge < -0.3 is 10.2 Å². The van der Waals surface area contributed by atoms with Gasteiger partial charge in [-0.15, -0.1) is 0 Å². The molecule has 128 valence electrons. The van der Waals surface area contributed by atoms with E-state index in [2.05, 4.69) is 42.4 Å². The van der Waals surface area contributed by atoms with Crippen LogP contribution in [-0.2, 0) is 16.4 Å². The first kappa shape index (κ1) is 17.8. The van der Waals surface area contributed by atoms with Gasteiger partial charge in [-0.05, 0) is 38.8 Å². The number of nitrogens with zero attached hydrogens (tertiary/aromatic N) is 2. The van der Waals surface area contributed by atoms with Crippen LogP contribution >= 0.6 is 0 Å². The molecule has 1 aromatic rings. The first-order chi connectivity index (χ1) is 10.7. The van der Waals surface area contributed by atoms with Gasteiger partial charge in [0.15, 0.2) is 15.8 Å². The lowest BCUT2D eigenvalue weighted by molar-refractivity contribution is 0.353. The highest BCUT2D eigenvalue weighted by molar-refractivity contribution is 7.92. The summed E-state index contributed by atoms with van der Waals surface area (Å²) in [5, 5.41) is 3.36. The zero-order valence-electron chi connectivity index (χ0n) is 14.7. The molecule has 1 aliphatic rings. The standard InChI is InChI=1S/C17H27N3O2S/c1-13-6-7-15(14(2)10-13)11-19-16(18-5)20-8-9-23(21,22)17(3,4)12-20/h6-7,10H,8-9,11-12H2,1-5H3,(H,18,19). The van der Waals surface area contributed by atoms with Gasteiger partial charge in [0.05, 0.1) is 10.5 Å². The van der Waals surface area contributed by atoms with Crippen molar-refractivity contribution in [2.24, 2.45) is 4.99 Å². The second-order valence-electron chi connectivity index (χ2n) is 6.83. The fourth-order valence-corrected chi connectivity index (χ4v) is 4.24. The minimum atomic E-state index is -3.04. The Labute approximate surface area is 139 Å². The number of hydrogen-bond donors (Lipinski definition) is 1. The van der Waals surface area contributed by atoms with Gasteiger partial charge in [-0.2, -0.15) is 0 Å². The van der Waals surface area contributed by atoms with Crippen molar-refractivity contribution in [3.8, 4) is 0 Å². The monoisotopic (exact) mass is 337 g/mol. The number of guanidine groups is 1. The van der Waals surface area contributed by atoms with Crippen LogP contribution in [0.1, 0.15) is 30.5 Å². The molecule has 0 amide bonds. The second kappa shape index (κ2) is 6.51. The highest BCUT2D eigenvalue weighted by Crippen LogP contribution is 2.23. The summed E-state index contributed by atoms with van der Waals surface area (Å²) in [7, 11) is -1.30. The highest BCUT2D eigenvalue weighted by Gasteiger charge is 2.40. The summed E-state index contributed by atoms with van der Waals surface area (Å²) >= 11 is 0. The molecule has 0 aromatic heterocycles. The van der Waals surface area contributed by atoms with E-state index in [0.717, 1.165) is 5.96 Å². The normalized spacial score (nSPS) is 20.4. The van der Waals surface area contributed by atoms with E-state index in [4.69, 9.17) is 0 Å². The maximum Gasteiger partial charge on any atom is 0.193 e. The van der Waals surface area contributed by atoms with E-state index in [0.29, 0.717) is 19.6 Å². The lowest BCUT2D eigenvalue weighted by atomic mass is 10.1. The smallest absolute Gasteiger partial charge is 0.193 e. The van der Waals surface area contributed by atoms with Gasteiger partial charge in [0, 0.05) is 26.7 Å². The lowest BCUT2D eigenvalue weighted by Crippen LogP contribution is -2.57. The molecule has 1 aromatic carbocycles. The fraction of sp³-hybridized carbons (Fsp3) is 0.588. The van der Waals surface area contributed by atoms with E-state index >= 15 is 0 Å². The first-order valence-corrected chi connectivity index (χ1v) is 9.55. The van der Waals surface area contributed by atoms with Crippen LogP contribution in [0.15, 0.2) is 23.2 Å². The number of aliphatic imine (C=N–C) groups is 1. The maximum atomic E-state index is 12.1. The van der Waals surface area contributed by atoms with Crippen LogP contribution in [-0.4, -0.2) is 49.9 Å². The summed E-state index contributed by atoms with van der Waals surface area (Å²) < 4.78 is 23.5. The minimum absolute atomic E-state index is 0.171. The van der Waals surface area contributed by atoms with Crippen LogP contribution in [0.3, 0.4) is 0 Å². The molecule has 0 spiro atoms. The van der Waals surface area contributed by atoms with Gasteiger partial charge >= 0.3 is 0 Å². The van der Waals surface area contributed by atoms with E-state index in [-0.39, 0.29) is 5.75 Å². The largest absolute Gasteiger partial charge is 0.352 e. The third-order valence-corrected chi connectivity index (χ3v) is 7.02. The summed E-state index contributed by atoms with van der Waals surface area (Å²) in [4.78, 5) is 6.36. The lowest BCUT2D eigenvalue weighted by Gasteiger charge is -2.39. The van der Waals surface area contributed by atoms with Crippen molar-refractivity contribution in [1.82, 2.24) is 10.2 Å². The average molecular weight is 337 g/mol. The first-order valence-electron chi connectivity index (χ1n) is 7.90. The molecule has 1 heterocycles. The number of benzene rings is 1. The molecule has 1 saturated heterocycles. The van der Waals surface area contributed by atoms with Gasteiger partial charge in [0.2, 0.25) is 0 Å². The number of hydrogen-bond acceptors (Lipinski definition) is 3. The van der Waals surface area contributed by atoms with Crippen LogP contribution < -0.4 is 5.32 Å². The summed E-state index contributed by atoms with van der Waals surface area (Å²) in [5.41, 5.74) is 3.72. The Morgan fingerprint density at radius 1 is 1.35 bits per heavy atom. The molecule has 0 unspecified atom stereocenters. The molecule has 5 nitrogen and oxygen atoms in total. The molecule has 0 atom stereocenters. The SMILES string of the molecule is CN=C(NCc1ccc(C)cc1C)N1CCS(=O)(=O)C(C)(C)C1. The third-order valence-electron chi connectivity index (χ3n) is 4.49. The maximum absolute atomic E-state index is 12.1. The van der Waals surface area contributed by atoms with Gasteiger partial charge in [0.25, 0.3) is 0 Å². The summed E-state index contributed by atoms with van der Waals surface area (Å²) in [5.74, 6) is 0.928. The predicted molar refractivity (Wildman–Crippen MR) is 95.6 cm³/mol. The zero-order valence-corrected chi connectivity index (χ0v) is 15.5. The molecule has 1 fully saturated rings. The second-order valence-corrected chi connectivity index (χ2v) is 9.57. The Morgan fingerprint density at radius 3 is 2.61 bits per heavy atom. The van der Waals surface area contributed by atoms with Crippen LogP contribution in [0, 0.1) is 13.8 Å². The number of sulfone groups is 1. The van der Waals surface area contributed by atoms with Crippen LogP contribution in [0.25, 0.3) is 0 Å². The number of nitrogens with one attached hydrogen (secondary N) is 1. The van der Waals surface area contributed by atoms with Gasteiger partial charge in [-0.25, -0.2) is 8.42 Å². The molecule has 0 saturated carbocycles. The topological polar surface area (TPSA) is 61.8 Å². The van der Waals surface area contributed by atoms with Crippen molar-refractivity contribution in [3.05, 3.63) is 34.9 Å². The Kier molecular flexibility index (Phi) is 5.04. The molecular formula is C17H27N3O2S. The Morgan fingerprint density at radius 2 is 2.04 bits per heavy atom. The Bertz CT molecular complexity index is 709. The Hall–Kier alpha value is -1.56. The molecule has 1 N–H and O–H groups in total. The van der Waals surface area contributed by atoms with E-state index < -0.39 is 14.6 Å². The minimum Gasteiger partial charge on any atom is -0.352 e. The predicted octanol–water partition coefficient (Wildman–Crippen LogP) is 1.89. The molecule has 1 aliphatic heterocycles. The number of rotatable bonds is 2. The fourth-order valence-electron chi connectivity index (χ4n) is 2.88. The van der Waals surface area contributed by atoms with Crippen molar-refractivity contribution in [2.75, 3.05) is 25.9 Å². The molecule has 2 rings (SSSR count). The van der Waals surface area contributed by atoms with E-state index in [9.17, 15) is 8.42 Å². The third kappa shape index (κ3) is 3.86. The average Bonchev–Trinajstić information content (AvgIpc) is 2.45. The van der Waals surface area contributed by atoms with E-state index in [1.165, 1.54) is 16.7 Å². The van der Waals surface area contributed by atoms with Crippen molar-refractivity contribution in [2.45, 2.75) is 39.0 Å². The molecular weight excluding hydrogens is 310 g/mol. The van der Waals surface area contributed by atoms with Crippen molar-refractivity contribution in [1.29, 1.82) is 0 Å². The van der Waals surface area contributed by atoms with Crippen LogP contribution in [0.5, 0.6) is 0 Å². The van der Waals surface area contributed by atoms with Gasteiger partial charge in [0.1, 0.15) is 0 Å².